The molecule has 1 heterocycles. The summed E-state index contributed by atoms with van der Waals surface area (Å²) in [4.78, 5) is 17.0. The van der Waals surface area contributed by atoms with Gasteiger partial charge in [0.05, 0.1) is 7.11 Å². The first-order valence-corrected chi connectivity index (χ1v) is 7.88. The topological polar surface area (TPSA) is 76.7 Å². The molecule has 1 aliphatic rings. The van der Waals surface area contributed by atoms with Crippen LogP contribution in [0.3, 0.4) is 0 Å². The zero-order chi connectivity index (χ0) is 16.4. The molecule has 0 unspecified atom stereocenters. The highest BCUT2D eigenvalue weighted by Crippen LogP contribution is 2.34. The van der Waals surface area contributed by atoms with Crippen molar-refractivity contribution in [2.45, 2.75) is 12.0 Å². The Morgan fingerprint density at radius 2 is 1.83 bits per heavy atom. The van der Waals surface area contributed by atoms with Crippen molar-refractivity contribution in [3.8, 4) is 5.75 Å². The van der Waals surface area contributed by atoms with Gasteiger partial charge in [-0.3, -0.25) is 10.1 Å². The molecule has 3 rings (SSSR count). The fourth-order valence-corrected chi connectivity index (χ4v) is 2.95. The van der Waals surface area contributed by atoms with Gasteiger partial charge in [-0.05, 0) is 35.4 Å². The van der Waals surface area contributed by atoms with E-state index < -0.39 is 5.54 Å². The van der Waals surface area contributed by atoms with Crippen molar-refractivity contribution in [3.63, 3.8) is 0 Å². The number of aliphatic imine (C=N–C) groups is 1. The van der Waals surface area contributed by atoms with Crippen molar-refractivity contribution in [2.24, 2.45) is 10.7 Å². The molecule has 118 valence electrons. The predicted molar refractivity (Wildman–Crippen MR) is 92.3 cm³/mol. The molecule has 0 saturated heterocycles. The van der Waals surface area contributed by atoms with E-state index >= 15 is 0 Å². The molecule has 2 aromatic rings. The van der Waals surface area contributed by atoms with Crippen molar-refractivity contribution >= 4 is 27.8 Å². The number of guanidine groups is 1. The van der Waals surface area contributed by atoms with Gasteiger partial charge in [0.1, 0.15) is 5.75 Å². The number of nitrogens with zero attached hydrogens (tertiary/aromatic N) is 1. The van der Waals surface area contributed by atoms with E-state index in [0.717, 1.165) is 21.3 Å². The van der Waals surface area contributed by atoms with Crippen molar-refractivity contribution in [3.05, 3.63) is 64.1 Å². The Balaban J connectivity index is 2.02. The molecule has 0 radical (unpaired) electrons. The zero-order valence-corrected chi connectivity index (χ0v) is 14.1. The van der Waals surface area contributed by atoms with Crippen molar-refractivity contribution in [1.82, 2.24) is 5.32 Å². The Kier molecular flexibility index (Phi) is 4.09. The van der Waals surface area contributed by atoms with Gasteiger partial charge in [0.2, 0.25) is 0 Å². The van der Waals surface area contributed by atoms with Gasteiger partial charge in [-0.15, -0.1) is 0 Å². The lowest BCUT2D eigenvalue weighted by atomic mass is 9.84. The molecular weight excluding hydrogens is 358 g/mol. The van der Waals surface area contributed by atoms with Crippen molar-refractivity contribution < 1.29 is 9.53 Å². The van der Waals surface area contributed by atoms with E-state index in [4.69, 9.17) is 10.5 Å². The van der Waals surface area contributed by atoms with Gasteiger partial charge in [0, 0.05) is 10.9 Å². The Morgan fingerprint density at radius 3 is 2.35 bits per heavy atom. The SMILES string of the molecule is COc1ccc(C[C@]2(c3ccc(Br)cc3)N=C(N)NC2=O)cc1. The number of ether oxygens (including phenoxy) is 1. The Morgan fingerprint density at radius 1 is 1.17 bits per heavy atom. The number of nitrogens with two attached hydrogens (primary N) is 1. The molecule has 23 heavy (non-hydrogen) atoms. The lowest BCUT2D eigenvalue weighted by molar-refractivity contribution is -0.124. The van der Waals surface area contributed by atoms with Gasteiger partial charge < -0.3 is 10.5 Å². The minimum Gasteiger partial charge on any atom is -0.497 e. The molecule has 3 N–H and O–H groups in total. The normalized spacial score (nSPS) is 20.1. The second-order valence-corrected chi connectivity index (χ2v) is 6.26. The van der Waals surface area contributed by atoms with Gasteiger partial charge in [-0.25, -0.2) is 4.99 Å². The quantitative estimate of drug-likeness (QED) is 0.863. The summed E-state index contributed by atoms with van der Waals surface area (Å²) in [5, 5.41) is 2.62. The summed E-state index contributed by atoms with van der Waals surface area (Å²) in [6.07, 6.45) is 0.422. The minimum atomic E-state index is -1.04. The summed E-state index contributed by atoms with van der Waals surface area (Å²) < 4.78 is 6.11. The van der Waals surface area contributed by atoms with E-state index in [0.29, 0.717) is 6.42 Å². The maximum Gasteiger partial charge on any atom is 0.259 e. The molecule has 0 fully saturated rings. The highest BCUT2D eigenvalue weighted by atomic mass is 79.9. The summed E-state index contributed by atoms with van der Waals surface area (Å²) in [7, 11) is 1.62. The number of hydrogen-bond acceptors (Lipinski definition) is 4. The first kappa shape index (κ1) is 15.6. The van der Waals surface area contributed by atoms with Gasteiger partial charge >= 0.3 is 0 Å². The number of hydrogen-bond donors (Lipinski definition) is 2. The lowest BCUT2D eigenvalue weighted by Crippen LogP contribution is -2.40. The second kappa shape index (κ2) is 6.04. The van der Waals surface area contributed by atoms with Crippen LogP contribution in [-0.2, 0) is 16.8 Å². The number of carbonyl (C=O) groups excluding carboxylic acids is 1. The van der Waals surface area contributed by atoms with Crippen LogP contribution in [0.15, 0.2) is 58.0 Å². The summed E-state index contributed by atoms with van der Waals surface area (Å²) >= 11 is 3.41. The van der Waals surface area contributed by atoms with E-state index in [9.17, 15) is 4.79 Å². The molecule has 0 aliphatic carbocycles. The number of rotatable bonds is 4. The molecule has 0 saturated carbocycles. The summed E-state index contributed by atoms with van der Waals surface area (Å²) in [5.74, 6) is 0.699. The number of benzene rings is 2. The maximum absolute atomic E-state index is 12.6. The standard InChI is InChI=1S/C17H16BrN3O2/c1-23-14-8-2-11(3-9-14)10-17(15(22)20-16(19)21-17)12-4-6-13(18)7-5-12/h2-9H,10H2,1H3,(H3,19,20,21,22)/t17-/m1/s1. The number of carbonyl (C=O) groups is 1. The second-order valence-electron chi connectivity index (χ2n) is 5.34. The van der Waals surface area contributed by atoms with Crippen LogP contribution >= 0.6 is 15.9 Å². The third kappa shape index (κ3) is 2.94. The summed E-state index contributed by atoms with van der Waals surface area (Å²) in [6, 6.07) is 15.1. The van der Waals surface area contributed by atoms with E-state index in [1.54, 1.807) is 7.11 Å². The van der Waals surface area contributed by atoms with Crippen LogP contribution in [0.2, 0.25) is 0 Å². The zero-order valence-electron chi connectivity index (χ0n) is 12.5. The largest absolute Gasteiger partial charge is 0.497 e. The molecule has 2 aromatic carbocycles. The number of methoxy groups -OCH3 is 1. The monoisotopic (exact) mass is 373 g/mol. The first-order valence-electron chi connectivity index (χ1n) is 7.09. The maximum atomic E-state index is 12.6. The average Bonchev–Trinajstić information content (AvgIpc) is 2.83. The van der Waals surface area contributed by atoms with Crippen LogP contribution in [0.25, 0.3) is 0 Å². The highest BCUT2D eigenvalue weighted by molar-refractivity contribution is 9.10. The first-order chi connectivity index (χ1) is 11.0. The Bertz CT molecular complexity index is 756. The highest BCUT2D eigenvalue weighted by Gasteiger charge is 2.44. The van der Waals surface area contributed by atoms with Crippen LogP contribution in [0, 0.1) is 0 Å². The fraction of sp³-hybridized carbons (Fsp3) is 0.176. The number of nitrogens with one attached hydrogen (secondary N) is 1. The van der Waals surface area contributed by atoms with Crippen LogP contribution in [0.4, 0.5) is 0 Å². The van der Waals surface area contributed by atoms with Gasteiger partial charge in [0.25, 0.3) is 5.91 Å². The summed E-state index contributed by atoms with van der Waals surface area (Å²) in [6.45, 7) is 0. The average molecular weight is 374 g/mol. The third-order valence-corrected chi connectivity index (χ3v) is 4.40. The van der Waals surface area contributed by atoms with Crippen LogP contribution in [0.5, 0.6) is 5.75 Å². The number of amides is 1. The molecule has 1 atom stereocenters. The molecular formula is C17H16BrN3O2. The van der Waals surface area contributed by atoms with Crippen molar-refractivity contribution in [1.29, 1.82) is 0 Å². The molecule has 1 amide bonds. The van der Waals surface area contributed by atoms with Crippen LogP contribution in [0.1, 0.15) is 11.1 Å². The number of halogens is 1. The van der Waals surface area contributed by atoms with E-state index in [1.807, 2.05) is 48.5 Å². The van der Waals surface area contributed by atoms with E-state index in [2.05, 4.69) is 26.2 Å². The molecule has 0 bridgehead atoms. The van der Waals surface area contributed by atoms with Gasteiger partial charge in [0.15, 0.2) is 11.5 Å². The molecule has 1 aliphatic heterocycles. The molecule has 5 nitrogen and oxygen atoms in total. The van der Waals surface area contributed by atoms with Crippen molar-refractivity contribution in [2.75, 3.05) is 7.11 Å². The summed E-state index contributed by atoms with van der Waals surface area (Å²) in [5.41, 5.74) is 6.49. The molecule has 0 aromatic heterocycles. The van der Waals surface area contributed by atoms with Crippen LogP contribution < -0.4 is 15.8 Å². The third-order valence-electron chi connectivity index (χ3n) is 3.87. The minimum absolute atomic E-state index is 0.145. The Hall–Kier alpha value is -2.34. The van der Waals surface area contributed by atoms with E-state index in [-0.39, 0.29) is 11.9 Å². The van der Waals surface area contributed by atoms with Crippen LogP contribution in [-0.4, -0.2) is 19.0 Å². The van der Waals surface area contributed by atoms with E-state index in [1.165, 1.54) is 0 Å². The molecule has 6 heteroatoms. The Labute approximate surface area is 142 Å². The van der Waals surface area contributed by atoms with Gasteiger partial charge in [-0.2, -0.15) is 0 Å². The smallest absolute Gasteiger partial charge is 0.259 e. The lowest BCUT2D eigenvalue weighted by Gasteiger charge is -2.24. The fourth-order valence-electron chi connectivity index (χ4n) is 2.69. The predicted octanol–water partition coefficient (Wildman–Crippen LogP) is 2.34. The molecule has 0 spiro atoms. The van der Waals surface area contributed by atoms with Gasteiger partial charge in [-0.1, -0.05) is 40.2 Å².